The summed E-state index contributed by atoms with van der Waals surface area (Å²) in [6, 6.07) is 19.1. The van der Waals surface area contributed by atoms with Crippen molar-refractivity contribution < 1.29 is 18.2 Å². The topological polar surface area (TPSA) is 57.1 Å². The fourth-order valence-electron chi connectivity index (χ4n) is 1.96. The summed E-state index contributed by atoms with van der Waals surface area (Å²) in [6.07, 6.45) is 0. The van der Waals surface area contributed by atoms with Gasteiger partial charge in [0.25, 0.3) is 0 Å². The Labute approximate surface area is 136 Å². The molecule has 0 saturated heterocycles. The molecule has 0 N–H and O–H groups in total. The fraction of sp³-hybridized carbons (Fsp3) is 0.235. The standard InChI is InChI=1S/C17H20NO4P/c1-3-20-23(19,21-4-2)22-18-17(15-11-7-5-8-12-15)16-13-9-6-10-14-16/h5-14H,3-4H2,1-2H3. The van der Waals surface area contributed by atoms with Gasteiger partial charge in [-0.1, -0.05) is 65.8 Å². The van der Waals surface area contributed by atoms with Gasteiger partial charge < -0.3 is 0 Å². The maximum Gasteiger partial charge on any atom is 0.550 e. The molecule has 0 aliphatic heterocycles. The molecule has 0 unspecified atom stereocenters. The normalized spacial score (nSPS) is 11.0. The number of phosphoric acid groups is 1. The average molecular weight is 333 g/mol. The van der Waals surface area contributed by atoms with E-state index in [9.17, 15) is 4.57 Å². The summed E-state index contributed by atoms with van der Waals surface area (Å²) >= 11 is 0. The highest BCUT2D eigenvalue weighted by molar-refractivity contribution is 7.48. The second kappa shape index (κ2) is 8.63. The molecule has 122 valence electrons. The number of rotatable bonds is 8. The molecule has 6 heteroatoms. The molecule has 2 aromatic rings. The Morgan fingerprint density at radius 3 is 1.70 bits per heavy atom. The predicted molar refractivity (Wildman–Crippen MR) is 90.5 cm³/mol. The molecule has 5 nitrogen and oxygen atoms in total. The van der Waals surface area contributed by atoms with Crippen LogP contribution in [0.25, 0.3) is 0 Å². The van der Waals surface area contributed by atoms with E-state index < -0.39 is 7.82 Å². The van der Waals surface area contributed by atoms with Crippen LogP contribution in [0.15, 0.2) is 65.8 Å². The third kappa shape index (κ3) is 5.03. The van der Waals surface area contributed by atoms with E-state index in [0.29, 0.717) is 5.71 Å². The molecule has 0 spiro atoms. The smallest absolute Gasteiger partial charge is 0.291 e. The van der Waals surface area contributed by atoms with Crippen LogP contribution >= 0.6 is 7.82 Å². The molecular weight excluding hydrogens is 313 g/mol. The lowest BCUT2D eigenvalue weighted by Gasteiger charge is -2.14. The Morgan fingerprint density at radius 1 is 0.870 bits per heavy atom. The molecule has 0 bridgehead atoms. The van der Waals surface area contributed by atoms with E-state index in [1.165, 1.54) is 0 Å². The van der Waals surface area contributed by atoms with Gasteiger partial charge in [0.15, 0.2) is 0 Å². The third-order valence-corrected chi connectivity index (χ3v) is 4.33. The minimum absolute atomic E-state index is 0.207. The third-order valence-electron chi connectivity index (χ3n) is 2.90. The van der Waals surface area contributed by atoms with Crippen molar-refractivity contribution >= 4 is 13.5 Å². The first-order valence-electron chi connectivity index (χ1n) is 7.45. The molecule has 0 aliphatic carbocycles. The molecule has 0 aromatic heterocycles. The molecular formula is C17H20NO4P. The first-order valence-corrected chi connectivity index (χ1v) is 8.91. The van der Waals surface area contributed by atoms with Crippen molar-refractivity contribution in [2.24, 2.45) is 5.16 Å². The second-order valence-corrected chi connectivity index (χ2v) is 6.11. The summed E-state index contributed by atoms with van der Waals surface area (Å²) in [5.41, 5.74) is 2.25. The van der Waals surface area contributed by atoms with E-state index in [1.54, 1.807) is 13.8 Å². The Morgan fingerprint density at radius 2 is 1.30 bits per heavy atom. The highest BCUT2D eigenvalue weighted by Gasteiger charge is 2.27. The van der Waals surface area contributed by atoms with Crippen LogP contribution in [0.3, 0.4) is 0 Å². The molecule has 0 fully saturated rings. The number of nitrogens with zero attached hydrogens (tertiary/aromatic N) is 1. The van der Waals surface area contributed by atoms with Crippen molar-refractivity contribution in [3.8, 4) is 0 Å². The van der Waals surface area contributed by atoms with E-state index in [4.69, 9.17) is 13.7 Å². The number of hydrogen-bond donors (Lipinski definition) is 0. The summed E-state index contributed by atoms with van der Waals surface area (Å²) in [6.45, 7) is 3.85. The van der Waals surface area contributed by atoms with Crippen LogP contribution in [0.2, 0.25) is 0 Å². The van der Waals surface area contributed by atoms with E-state index in [-0.39, 0.29) is 13.2 Å². The largest absolute Gasteiger partial charge is 0.550 e. The molecule has 2 rings (SSSR count). The van der Waals surface area contributed by atoms with Crippen LogP contribution in [0.1, 0.15) is 25.0 Å². The maximum atomic E-state index is 12.4. The van der Waals surface area contributed by atoms with Crippen molar-refractivity contribution in [2.75, 3.05) is 13.2 Å². The van der Waals surface area contributed by atoms with E-state index >= 15 is 0 Å². The lowest BCUT2D eigenvalue weighted by Crippen LogP contribution is -2.05. The number of hydrogen-bond acceptors (Lipinski definition) is 5. The first kappa shape index (κ1) is 17.4. The molecule has 2 aromatic carbocycles. The number of benzene rings is 2. The van der Waals surface area contributed by atoms with Crippen LogP contribution < -0.4 is 0 Å². The Bertz CT molecular complexity index is 622. The van der Waals surface area contributed by atoms with Gasteiger partial charge in [-0.2, -0.15) is 0 Å². The van der Waals surface area contributed by atoms with Gasteiger partial charge in [-0.15, -0.1) is 0 Å². The summed E-state index contributed by atoms with van der Waals surface area (Å²) in [5, 5.41) is 4.08. The Hall–Kier alpha value is -1.94. The van der Waals surface area contributed by atoms with Gasteiger partial charge in [0, 0.05) is 11.1 Å². The van der Waals surface area contributed by atoms with Crippen molar-refractivity contribution in [2.45, 2.75) is 13.8 Å². The number of oxime groups is 1. The molecule has 0 radical (unpaired) electrons. The predicted octanol–water partition coefficient (Wildman–Crippen LogP) is 4.64. The quantitative estimate of drug-likeness (QED) is 0.401. The summed E-state index contributed by atoms with van der Waals surface area (Å²) < 4.78 is 27.8. The molecule has 0 amide bonds. The van der Waals surface area contributed by atoms with Crippen LogP contribution in [0.5, 0.6) is 0 Å². The summed E-state index contributed by atoms with van der Waals surface area (Å²) in [5.74, 6) is 0. The molecule has 0 aliphatic rings. The van der Waals surface area contributed by atoms with Crippen LogP contribution in [-0.2, 0) is 18.2 Å². The zero-order chi connectivity index (χ0) is 16.5. The minimum Gasteiger partial charge on any atom is -0.291 e. The van der Waals surface area contributed by atoms with Crippen molar-refractivity contribution in [1.29, 1.82) is 0 Å². The zero-order valence-electron chi connectivity index (χ0n) is 13.2. The van der Waals surface area contributed by atoms with Crippen molar-refractivity contribution in [3.05, 3.63) is 71.8 Å². The fourth-order valence-corrected chi connectivity index (χ4v) is 2.94. The Balaban J connectivity index is 2.36. The SMILES string of the molecule is CCOP(=O)(OCC)ON=C(c1ccccc1)c1ccccc1. The van der Waals surface area contributed by atoms with Gasteiger partial charge in [-0.3, -0.25) is 13.7 Å². The highest BCUT2D eigenvalue weighted by Crippen LogP contribution is 2.49. The van der Waals surface area contributed by atoms with Crippen LogP contribution in [0, 0.1) is 0 Å². The molecule has 0 atom stereocenters. The van der Waals surface area contributed by atoms with Crippen LogP contribution in [0.4, 0.5) is 0 Å². The minimum atomic E-state index is -3.70. The molecule has 0 saturated carbocycles. The maximum absolute atomic E-state index is 12.4. The average Bonchev–Trinajstić information content (AvgIpc) is 2.57. The van der Waals surface area contributed by atoms with E-state index in [2.05, 4.69) is 5.16 Å². The van der Waals surface area contributed by atoms with Crippen LogP contribution in [-0.4, -0.2) is 18.9 Å². The monoisotopic (exact) mass is 333 g/mol. The second-order valence-electron chi connectivity index (χ2n) is 4.54. The lowest BCUT2D eigenvalue weighted by atomic mass is 10.0. The highest BCUT2D eigenvalue weighted by atomic mass is 31.2. The van der Waals surface area contributed by atoms with Gasteiger partial charge in [-0.25, -0.2) is 4.57 Å². The van der Waals surface area contributed by atoms with Gasteiger partial charge in [0.1, 0.15) is 5.71 Å². The van der Waals surface area contributed by atoms with Gasteiger partial charge in [-0.05, 0) is 13.8 Å². The summed E-state index contributed by atoms with van der Waals surface area (Å²) in [4.78, 5) is 0. The van der Waals surface area contributed by atoms with Crippen molar-refractivity contribution in [1.82, 2.24) is 0 Å². The molecule has 0 heterocycles. The van der Waals surface area contributed by atoms with Gasteiger partial charge >= 0.3 is 7.82 Å². The Kier molecular flexibility index (Phi) is 6.53. The zero-order valence-corrected chi connectivity index (χ0v) is 14.1. The van der Waals surface area contributed by atoms with Gasteiger partial charge in [0.05, 0.1) is 13.2 Å². The van der Waals surface area contributed by atoms with E-state index in [0.717, 1.165) is 11.1 Å². The van der Waals surface area contributed by atoms with E-state index in [1.807, 2.05) is 60.7 Å². The summed E-state index contributed by atoms with van der Waals surface area (Å²) in [7, 11) is -3.70. The lowest BCUT2D eigenvalue weighted by molar-refractivity contribution is 0.125. The first-order chi connectivity index (χ1) is 11.2. The van der Waals surface area contributed by atoms with Crippen molar-refractivity contribution in [3.63, 3.8) is 0 Å². The molecule has 23 heavy (non-hydrogen) atoms. The van der Waals surface area contributed by atoms with Gasteiger partial charge in [0.2, 0.25) is 0 Å². The number of phosphoric ester groups is 1.